The van der Waals surface area contributed by atoms with E-state index in [1.54, 1.807) is 23.5 Å². The highest BCUT2D eigenvalue weighted by atomic mass is 32.1. The first-order valence-corrected chi connectivity index (χ1v) is 7.51. The Labute approximate surface area is 123 Å². The predicted molar refractivity (Wildman–Crippen MR) is 83.7 cm³/mol. The van der Waals surface area contributed by atoms with Gasteiger partial charge in [-0.2, -0.15) is 0 Å². The van der Waals surface area contributed by atoms with Crippen LogP contribution >= 0.6 is 11.3 Å². The summed E-state index contributed by atoms with van der Waals surface area (Å²) in [6.07, 6.45) is 0. The first kappa shape index (κ1) is 14.6. The number of rotatable bonds is 5. The number of hydrogen-bond acceptors (Lipinski definition) is 3. The molecule has 0 saturated heterocycles. The number of carboxylic acid groups (broad SMARTS) is 1. The summed E-state index contributed by atoms with van der Waals surface area (Å²) in [5.74, 6) is -0.480. The molecule has 1 aromatic carbocycles. The Hall–Kier alpha value is -1.81. The van der Waals surface area contributed by atoms with Crippen molar-refractivity contribution in [1.29, 1.82) is 0 Å². The molecule has 0 spiro atoms. The Morgan fingerprint density at radius 1 is 1.30 bits per heavy atom. The number of nitrogens with one attached hydrogen (secondary N) is 1. The summed E-state index contributed by atoms with van der Waals surface area (Å²) >= 11 is 1.72. The molecule has 1 unspecified atom stereocenters. The molecule has 3 nitrogen and oxygen atoms in total. The molecule has 0 fully saturated rings. The molecule has 106 valence electrons. The van der Waals surface area contributed by atoms with Crippen LogP contribution in [0.3, 0.4) is 0 Å². The average molecular weight is 289 g/mol. The van der Waals surface area contributed by atoms with E-state index >= 15 is 0 Å². The van der Waals surface area contributed by atoms with Gasteiger partial charge in [0.25, 0.3) is 0 Å². The van der Waals surface area contributed by atoms with Crippen molar-refractivity contribution in [1.82, 2.24) is 0 Å². The molecule has 0 saturated carbocycles. The minimum absolute atomic E-state index is 0.192. The predicted octanol–water partition coefficient (Wildman–Crippen LogP) is 4.56. The number of carboxylic acids is 1. The molecule has 0 aliphatic rings. The van der Waals surface area contributed by atoms with E-state index < -0.39 is 5.97 Å². The minimum Gasteiger partial charge on any atom is -0.478 e. The number of aryl methyl sites for hydroxylation is 1. The van der Waals surface area contributed by atoms with Crippen LogP contribution in [0.15, 0.2) is 35.7 Å². The summed E-state index contributed by atoms with van der Waals surface area (Å²) in [5.41, 5.74) is 2.25. The van der Waals surface area contributed by atoms with Gasteiger partial charge in [-0.05, 0) is 42.0 Å². The van der Waals surface area contributed by atoms with Crippen LogP contribution in [-0.2, 0) is 0 Å². The zero-order valence-corrected chi connectivity index (χ0v) is 12.7. The largest absolute Gasteiger partial charge is 0.478 e. The van der Waals surface area contributed by atoms with Crippen molar-refractivity contribution in [3.63, 3.8) is 0 Å². The lowest BCUT2D eigenvalue weighted by molar-refractivity contribution is 0.0697. The van der Waals surface area contributed by atoms with Gasteiger partial charge in [0.2, 0.25) is 0 Å². The highest BCUT2D eigenvalue weighted by Gasteiger charge is 2.18. The fourth-order valence-corrected chi connectivity index (χ4v) is 3.06. The van der Waals surface area contributed by atoms with Crippen molar-refractivity contribution < 1.29 is 9.90 Å². The lowest BCUT2D eigenvalue weighted by atomic mass is 10.0. The van der Waals surface area contributed by atoms with E-state index in [1.165, 1.54) is 4.88 Å². The van der Waals surface area contributed by atoms with Crippen molar-refractivity contribution in [2.75, 3.05) is 5.32 Å². The molecule has 4 heteroatoms. The third-order valence-corrected chi connectivity index (χ3v) is 4.27. The second-order valence-corrected chi connectivity index (χ2v) is 6.20. The highest BCUT2D eigenvalue weighted by molar-refractivity contribution is 7.10. The smallest absolute Gasteiger partial charge is 0.335 e. The Kier molecular flexibility index (Phi) is 4.45. The van der Waals surface area contributed by atoms with Gasteiger partial charge in [0, 0.05) is 10.6 Å². The van der Waals surface area contributed by atoms with Crippen molar-refractivity contribution in [3.8, 4) is 0 Å². The quantitative estimate of drug-likeness (QED) is 0.848. The molecule has 1 aromatic heterocycles. The van der Waals surface area contributed by atoms with Gasteiger partial charge in [0.05, 0.1) is 11.6 Å². The lowest BCUT2D eigenvalue weighted by Gasteiger charge is -2.23. The van der Waals surface area contributed by atoms with Crippen molar-refractivity contribution in [2.45, 2.75) is 26.8 Å². The second kappa shape index (κ2) is 6.09. The third kappa shape index (κ3) is 3.20. The number of anilines is 1. The van der Waals surface area contributed by atoms with Crippen LogP contribution in [0, 0.1) is 12.8 Å². The Morgan fingerprint density at radius 3 is 2.60 bits per heavy atom. The summed E-state index contributed by atoms with van der Waals surface area (Å²) < 4.78 is 0. The monoisotopic (exact) mass is 289 g/mol. The van der Waals surface area contributed by atoms with E-state index in [0.717, 1.165) is 11.3 Å². The maximum absolute atomic E-state index is 11.1. The SMILES string of the molecule is Cc1ccc(C(=O)O)cc1NC(c1cccs1)C(C)C. The number of thiophene rings is 1. The van der Waals surface area contributed by atoms with Crippen molar-refractivity contribution in [2.24, 2.45) is 5.92 Å². The van der Waals surface area contributed by atoms with Crippen LogP contribution in [0.2, 0.25) is 0 Å². The summed E-state index contributed by atoms with van der Waals surface area (Å²) in [5, 5.41) is 14.7. The zero-order valence-electron chi connectivity index (χ0n) is 11.9. The highest BCUT2D eigenvalue weighted by Crippen LogP contribution is 2.31. The van der Waals surface area contributed by atoms with E-state index in [4.69, 9.17) is 5.11 Å². The molecule has 2 aromatic rings. The molecule has 0 bridgehead atoms. The van der Waals surface area contributed by atoms with Crippen LogP contribution in [0.1, 0.15) is 40.7 Å². The van der Waals surface area contributed by atoms with Gasteiger partial charge < -0.3 is 10.4 Å². The van der Waals surface area contributed by atoms with E-state index in [0.29, 0.717) is 11.5 Å². The summed E-state index contributed by atoms with van der Waals surface area (Å²) in [6.45, 7) is 6.31. The van der Waals surface area contributed by atoms with Gasteiger partial charge in [0.15, 0.2) is 0 Å². The van der Waals surface area contributed by atoms with E-state index in [1.807, 2.05) is 19.1 Å². The fourth-order valence-electron chi connectivity index (χ4n) is 2.11. The molecule has 1 heterocycles. The second-order valence-electron chi connectivity index (χ2n) is 5.22. The summed E-state index contributed by atoms with van der Waals surface area (Å²) in [4.78, 5) is 12.4. The van der Waals surface area contributed by atoms with Crippen molar-refractivity contribution in [3.05, 3.63) is 51.7 Å². The molecular formula is C16H19NO2S. The maximum Gasteiger partial charge on any atom is 0.335 e. The minimum atomic E-state index is -0.898. The topological polar surface area (TPSA) is 49.3 Å². The van der Waals surface area contributed by atoms with Gasteiger partial charge in [0.1, 0.15) is 0 Å². The van der Waals surface area contributed by atoms with Crippen LogP contribution < -0.4 is 5.32 Å². The van der Waals surface area contributed by atoms with Crippen LogP contribution in [-0.4, -0.2) is 11.1 Å². The average Bonchev–Trinajstić information content (AvgIpc) is 2.90. The maximum atomic E-state index is 11.1. The van der Waals surface area contributed by atoms with Crippen LogP contribution in [0.5, 0.6) is 0 Å². The molecule has 1 atom stereocenters. The van der Waals surface area contributed by atoms with E-state index in [2.05, 4.69) is 30.6 Å². The number of benzene rings is 1. The molecule has 2 rings (SSSR count). The van der Waals surface area contributed by atoms with E-state index in [-0.39, 0.29) is 6.04 Å². The van der Waals surface area contributed by atoms with Gasteiger partial charge in [-0.1, -0.05) is 26.0 Å². The van der Waals surface area contributed by atoms with Gasteiger partial charge in [-0.3, -0.25) is 0 Å². The number of hydrogen-bond donors (Lipinski definition) is 2. The number of aromatic carboxylic acids is 1. The van der Waals surface area contributed by atoms with Crippen LogP contribution in [0.25, 0.3) is 0 Å². The van der Waals surface area contributed by atoms with Crippen LogP contribution in [0.4, 0.5) is 5.69 Å². The molecule has 20 heavy (non-hydrogen) atoms. The van der Waals surface area contributed by atoms with Gasteiger partial charge in [-0.25, -0.2) is 4.79 Å². The fraction of sp³-hybridized carbons (Fsp3) is 0.312. The van der Waals surface area contributed by atoms with Gasteiger partial charge in [-0.15, -0.1) is 11.3 Å². The van der Waals surface area contributed by atoms with E-state index in [9.17, 15) is 4.79 Å². The van der Waals surface area contributed by atoms with Gasteiger partial charge >= 0.3 is 5.97 Å². The molecular weight excluding hydrogens is 270 g/mol. The first-order valence-electron chi connectivity index (χ1n) is 6.63. The normalized spacial score (nSPS) is 12.4. The molecule has 0 amide bonds. The molecule has 0 aliphatic heterocycles. The molecule has 0 radical (unpaired) electrons. The Morgan fingerprint density at radius 2 is 2.05 bits per heavy atom. The standard InChI is InChI=1S/C16H19NO2S/c1-10(2)15(14-5-4-8-20-14)17-13-9-12(16(18)19)7-6-11(13)3/h4-10,15,17H,1-3H3,(H,18,19). The zero-order chi connectivity index (χ0) is 14.7. The van der Waals surface area contributed by atoms with Crippen molar-refractivity contribution >= 4 is 23.0 Å². The molecule has 2 N–H and O–H groups in total. The first-order chi connectivity index (χ1) is 9.49. The number of carbonyl (C=O) groups is 1. The third-order valence-electron chi connectivity index (χ3n) is 3.31. The Balaban J connectivity index is 2.31. The summed E-state index contributed by atoms with van der Waals surface area (Å²) in [6, 6.07) is 9.53. The molecule has 0 aliphatic carbocycles. The Bertz CT molecular complexity index is 591. The lowest BCUT2D eigenvalue weighted by Crippen LogP contribution is -2.16. The summed E-state index contributed by atoms with van der Waals surface area (Å²) in [7, 11) is 0.